The third-order valence-corrected chi connectivity index (χ3v) is 3.15. The Morgan fingerprint density at radius 2 is 2.29 bits per heavy atom. The Kier molecular flexibility index (Phi) is 3.33. The minimum Gasteiger partial charge on any atom is -0.497 e. The molecule has 3 N–H and O–H groups in total. The van der Waals surface area contributed by atoms with Gasteiger partial charge in [0.25, 0.3) is 0 Å². The highest BCUT2D eigenvalue weighted by atomic mass is 16.5. The van der Waals surface area contributed by atoms with E-state index in [4.69, 9.17) is 10.5 Å². The van der Waals surface area contributed by atoms with Crippen molar-refractivity contribution in [1.82, 2.24) is 5.32 Å². The van der Waals surface area contributed by atoms with Crippen molar-refractivity contribution in [2.75, 3.05) is 13.7 Å². The summed E-state index contributed by atoms with van der Waals surface area (Å²) in [5.74, 6) is 0.802. The number of carbonyl (C=O) groups is 1. The summed E-state index contributed by atoms with van der Waals surface area (Å²) in [7, 11) is 1.62. The standard InChI is InChI=1S/C13H18N2O2/c1-17-11-4-2-3-10(7-11)8-12(16)15-13(9-14)5-6-13/h2-4,7H,5-6,8-9,14H2,1H3,(H,15,16). The lowest BCUT2D eigenvalue weighted by atomic mass is 10.1. The van der Waals surface area contributed by atoms with Crippen molar-refractivity contribution >= 4 is 5.91 Å². The maximum absolute atomic E-state index is 11.8. The molecule has 0 spiro atoms. The normalized spacial score (nSPS) is 16.4. The molecule has 0 atom stereocenters. The fraction of sp³-hybridized carbons (Fsp3) is 0.462. The predicted molar refractivity (Wildman–Crippen MR) is 65.9 cm³/mol. The number of ether oxygens (including phenoxy) is 1. The first-order chi connectivity index (χ1) is 8.17. The van der Waals surface area contributed by atoms with Gasteiger partial charge in [-0.15, -0.1) is 0 Å². The van der Waals surface area contributed by atoms with Crippen LogP contribution in [-0.4, -0.2) is 25.1 Å². The van der Waals surface area contributed by atoms with Crippen LogP contribution < -0.4 is 15.8 Å². The molecule has 92 valence electrons. The third-order valence-electron chi connectivity index (χ3n) is 3.15. The lowest BCUT2D eigenvalue weighted by molar-refractivity contribution is -0.121. The van der Waals surface area contributed by atoms with Crippen LogP contribution in [0.2, 0.25) is 0 Å². The SMILES string of the molecule is COc1cccc(CC(=O)NC2(CN)CC2)c1. The minimum absolute atomic E-state index is 0.0289. The Balaban J connectivity index is 1.93. The molecule has 0 radical (unpaired) electrons. The van der Waals surface area contributed by atoms with Crippen molar-refractivity contribution in [3.05, 3.63) is 29.8 Å². The smallest absolute Gasteiger partial charge is 0.224 e. The largest absolute Gasteiger partial charge is 0.497 e. The van der Waals surface area contributed by atoms with Crippen LogP contribution in [0.15, 0.2) is 24.3 Å². The molecule has 1 aromatic carbocycles. The van der Waals surface area contributed by atoms with Crippen molar-refractivity contribution in [1.29, 1.82) is 0 Å². The second-order valence-electron chi connectivity index (χ2n) is 4.56. The summed E-state index contributed by atoms with van der Waals surface area (Å²) >= 11 is 0. The van der Waals surface area contributed by atoms with Crippen LogP contribution >= 0.6 is 0 Å². The number of benzene rings is 1. The molecule has 1 saturated carbocycles. The van der Waals surface area contributed by atoms with Gasteiger partial charge in [-0.2, -0.15) is 0 Å². The highest BCUT2D eigenvalue weighted by Crippen LogP contribution is 2.33. The number of hydrogen-bond donors (Lipinski definition) is 2. The van der Waals surface area contributed by atoms with E-state index in [9.17, 15) is 4.79 Å². The van der Waals surface area contributed by atoms with Crippen molar-refractivity contribution in [3.8, 4) is 5.75 Å². The molecule has 4 heteroatoms. The van der Waals surface area contributed by atoms with Gasteiger partial charge in [0.1, 0.15) is 5.75 Å². The van der Waals surface area contributed by atoms with Crippen molar-refractivity contribution in [2.45, 2.75) is 24.8 Å². The molecule has 0 bridgehead atoms. The Labute approximate surface area is 101 Å². The summed E-state index contributed by atoms with van der Waals surface area (Å²) in [5.41, 5.74) is 6.46. The Morgan fingerprint density at radius 1 is 1.53 bits per heavy atom. The molecule has 1 aromatic rings. The fourth-order valence-corrected chi connectivity index (χ4v) is 1.84. The van der Waals surface area contributed by atoms with E-state index in [0.29, 0.717) is 13.0 Å². The summed E-state index contributed by atoms with van der Waals surface area (Å²) in [6.07, 6.45) is 2.36. The van der Waals surface area contributed by atoms with Crippen LogP contribution in [0.4, 0.5) is 0 Å². The molecule has 1 fully saturated rings. The van der Waals surface area contributed by atoms with Gasteiger partial charge < -0.3 is 15.8 Å². The van der Waals surface area contributed by atoms with E-state index in [2.05, 4.69) is 5.32 Å². The van der Waals surface area contributed by atoms with Crippen LogP contribution in [0.1, 0.15) is 18.4 Å². The summed E-state index contributed by atoms with van der Waals surface area (Å²) in [4.78, 5) is 11.8. The molecule has 0 aliphatic heterocycles. The van der Waals surface area contributed by atoms with Gasteiger partial charge >= 0.3 is 0 Å². The molecule has 2 rings (SSSR count). The predicted octanol–water partition coefficient (Wildman–Crippen LogP) is 0.845. The highest BCUT2D eigenvalue weighted by Gasteiger charge is 2.42. The minimum atomic E-state index is -0.115. The van der Waals surface area contributed by atoms with Crippen LogP contribution in [0, 0.1) is 0 Å². The number of carbonyl (C=O) groups excluding carboxylic acids is 1. The van der Waals surface area contributed by atoms with Crippen molar-refractivity contribution in [3.63, 3.8) is 0 Å². The molecule has 4 nitrogen and oxygen atoms in total. The fourth-order valence-electron chi connectivity index (χ4n) is 1.84. The average molecular weight is 234 g/mol. The third kappa shape index (κ3) is 2.97. The zero-order valence-corrected chi connectivity index (χ0v) is 10.0. The second kappa shape index (κ2) is 4.75. The van der Waals surface area contributed by atoms with Crippen LogP contribution in [0.3, 0.4) is 0 Å². The topological polar surface area (TPSA) is 64.3 Å². The molecular formula is C13H18N2O2. The van der Waals surface area contributed by atoms with Crippen molar-refractivity contribution in [2.24, 2.45) is 5.73 Å². The first-order valence-electron chi connectivity index (χ1n) is 5.81. The van der Waals surface area contributed by atoms with E-state index < -0.39 is 0 Å². The van der Waals surface area contributed by atoms with Gasteiger partial charge in [-0.3, -0.25) is 4.79 Å². The zero-order valence-electron chi connectivity index (χ0n) is 10.0. The molecule has 0 saturated heterocycles. The van der Waals surface area contributed by atoms with Gasteiger partial charge in [0.2, 0.25) is 5.91 Å². The van der Waals surface area contributed by atoms with Gasteiger partial charge in [-0.25, -0.2) is 0 Å². The van der Waals surface area contributed by atoms with Crippen LogP contribution in [0.5, 0.6) is 5.75 Å². The summed E-state index contributed by atoms with van der Waals surface area (Å²) in [5, 5.41) is 3.00. The van der Waals surface area contributed by atoms with E-state index in [-0.39, 0.29) is 11.4 Å². The number of rotatable bonds is 5. The number of methoxy groups -OCH3 is 1. The van der Waals surface area contributed by atoms with Gasteiger partial charge in [0, 0.05) is 6.54 Å². The Hall–Kier alpha value is -1.55. The summed E-state index contributed by atoms with van der Waals surface area (Å²) in [6, 6.07) is 7.55. The first-order valence-corrected chi connectivity index (χ1v) is 5.81. The number of nitrogens with two attached hydrogens (primary N) is 1. The quantitative estimate of drug-likeness (QED) is 0.793. The van der Waals surface area contributed by atoms with Gasteiger partial charge in [0.05, 0.1) is 19.1 Å². The second-order valence-corrected chi connectivity index (χ2v) is 4.56. The number of nitrogens with one attached hydrogen (secondary N) is 1. The monoisotopic (exact) mass is 234 g/mol. The van der Waals surface area contributed by atoms with E-state index in [1.165, 1.54) is 0 Å². The van der Waals surface area contributed by atoms with Gasteiger partial charge in [-0.1, -0.05) is 12.1 Å². The van der Waals surface area contributed by atoms with E-state index in [1.807, 2.05) is 24.3 Å². The molecule has 0 unspecified atom stereocenters. The van der Waals surface area contributed by atoms with Crippen molar-refractivity contribution < 1.29 is 9.53 Å². The molecular weight excluding hydrogens is 216 g/mol. The van der Waals surface area contributed by atoms with E-state index in [1.54, 1.807) is 7.11 Å². The lowest BCUT2D eigenvalue weighted by Crippen LogP contribution is -2.43. The average Bonchev–Trinajstić information content (AvgIpc) is 3.09. The highest BCUT2D eigenvalue weighted by molar-refractivity contribution is 5.80. The van der Waals surface area contributed by atoms with Crippen LogP contribution in [0.25, 0.3) is 0 Å². The van der Waals surface area contributed by atoms with Crippen LogP contribution in [-0.2, 0) is 11.2 Å². The molecule has 0 heterocycles. The maximum Gasteiger partial charge on any atom is 0.224 e. The van der Waals surface area contributed by atoms with E-state index >= 15 is 0 Å². The molecule has 1 aliphatic rings. The number of amides is 1. The lowest BCUT2D eigenvalue weighted by Gasteiger charge is -2.14. The molecule has 0 aromatic heterocycles. The summed E-state index contributed by atoms with van der Waals surface area (Å²) < 4.78 is 5.12. The van der Waals surface area contributed by atoms with Gasteiger partial charge in [0.15, 0.2) is 0 Å². The maximum atomic E-state index is 11.8. The number of hydrogen-bond acceptors (Lipinski definition) is 3. The molecule has 1 aliphatic carbocycles. The van der Waals surface area contributed by atoms with E-state index in [0.717, 1.165) is 24.2 Å². The first kappa shape index (κ1) is 11.9. The summed E-state index contributed by atoms with van der Waals surface area (Å²) in [6.45, 7) is 0.525. The zero-order chi connectivity index (χ0) is 12.3. The Bertz CT molecular complexity index is 414. The molecule has 1 amide bonds. The Morgan fingerprint density at radius 3 is 2.88 bits per heavy atom. The molecule has 17 heavy (non-hydrogen) atoms. The van der Waals surface area contributed by atoms with Gasteiger partial charge in [-0.05, 0) is 30.5 Å².